The van der Waals surface area contributed by atoms with Gasteiger partial charge in [-0.25, -0.2) is 9.48 Å². The minimum Gasteiger partial charge on any atom is -0.479 e. The Labute approximate surface area is 121 Å². The Morgan fingerprint density at radius 3 is 2.39 bits per heavy atom. The molecule has 1 atom stereocenters. The number of aliphatic carboxylic acids is 1. The fourth-order valence-electron chi connectivity index (χ4n) is 1.74. The lowest BCUT2D eigenvalue weighted by molar-refractivity contribution is -0.139. The standard InChI is InChI=1S/C12H10Br2N2O2/c1-7-9(13)11(14)15-16(7)10(12(17)18)8-5-3-2-4-6-8/h2-6,10H,1H3,(H,17,18). The maximum absolute atomic E-state index is 11.5. The largest absolute Gasteiger partial charge is 0.479 e. The van der Waals surface area contributed by atoms with E-state index in [2.05, 4.69) is 37.0 Å². The van der Waals surface area contributed by atoms with Gasteiger partial charge < -0.3 is 5.11 Å². The van der Waals surface area contributed by atoms with Gasteiger partial charge in [0, 0.05) is 0 Å². The number of nitrogens with zero attached hydrogens (tertiary/aromatic N) is 2. The van der Waals surface area contributed by atoms with Crippen LogP contribution in [0.15, 0.2) is 39.4 Å². The maximum atomic E-state index is 11.5. The minimum atomic E-state index is -0.938. The third-order valence-corrected chi connectivity index (χ3v) is 4.67. The molecule has 2 aromatic rings. The van der Waals surface area contributed by atoms with E-state index in [-0.39, 0.29) is 0 Å². The number of benzene rings is 1. The highest BCUT2D eigenvalue weighted by Gasteiger charge is 2.26. The van der Waals surface area contributed by atoms with Crippen LogP contribution in [0.2, 0.25) is 0 Å². The van der Waals surface area contributed by atoms with Crippen LogP contribution in [0.5, 0.6) is 0 Å². The third-order valence-electron chi connectivity index (χ3n) is 2.63. The van der Waals surface area contributed by atoms with Crippen molar-refractivity contribution in [1.29, 1.82) is 0 Å². The lowest BCUT2D eigenvalue weighted by atomic mass is 10.1. The van der Waals surface area contributed by atoms with Gasteiger partial charge in [-0.1, -0.05) is 30.3 Å². The number of halogens is 2. The van der Waals surface area contributed by atoms with Crippen LogP contribution in [0.3, 0.4) is 0 Å². The number of hydrogen-bond donors (Lipinski definition) is 1. The summed E-state index contributed by atoms with van der Waals surface area (Å²) in [6.07, 6.45) is 0. The summed E-state index contributed by atoms with van der Waals surface area (Å²) in [4.78, 5) is 11.5. The van der Waals surface area contributed by atoms with E-state index in [4.69, 9.17) is 0 Å². The summed E-state index contributed by atoms with van der Waals surface area (Å²) in [6.45, 7) is 1.82. The van der Waals surface area contributed by atoms with Gasteiger partial charge in [-0.2, -0.15) is 5.10 Å². The van der Waals surface area contributed by atoms with Crippen LogP contribution in [-0.2, 0) is 4.79 Å². The minimum absolute atomic E-state index is 0.599. The molecule has 18 heavy (non-hydrogen) atoms. The Balaban J connectivity index is 2.56. The molecule has 0 aliphatic heterocycles. The van der Waals surface area contributed by atoms with Gasteiger partial charge in [0.1, 0.15) is 4.60 Å². The van der Waals surface area contributed by atoms with Gasteiger partial charge in [0.2, 0.25) is 0 Å². The molecule has 0 radical (unpaired) electrons. The van der Waals surface area contributed by atoms with E-state index < -0.39 is 12.0 Å². The van der Waals surface area contributed by atoms with Gasteiger partial charge in [-0.3, -0.25) is 0 Å². The molecular formula is C12H10Br2N2O2. The first-order valence-corrected chi connectivity index (χ1v) is 6.79. The molecule has 94 valence electrons. The van der Waals surface area contributed by atoms with Gasteiger partial charge in [-0.15, -0.1) is 0 Å². The van der Waals surface area contributed by atoms with Crippen LogP contribution < -0.4 is 0 Å². The number of rotatable bonds is 3. The van der Waals surface area contributed by atoms with E-state index in [0.29, 0.717) is 10.2 Å². The molecule has 1 heterocycles. The molecule has 6 heteroatoms. The first kappa shape index (κ1) is 13.3. The Kier molecular flexibility index (Phi) is 3.87. The van der Waals surface area contributed by atoms with E-state index in [1.165, 1.54) is 4.68 Å². The molecule has 0 aliphatic carbocycles. The highest BCUT2D eigenvalue weighted by molar-refractivity contribution is 9.13. The molecule has 1 aromatic carbocycles. The lowest BCUT2D eigenvalue weighted by Gasteiger charge is -2.15. The summed E-state index contributed by atoms with van der Waals surface area (Å²) < 4.78 is 2.86. The van der Waals surface area contributed by atoms with Crippen molar-refractivity contribution in [2.75, 3.05) is 0 Å². The predicted molar refractivity (Wildman–Crippen MR) is 74.6 cm³/mol. The molecule has 2 rings (SSSR count). The van der Waals surface area contributed by atoms with Crippen LogP contribution in [0, 0.1) is 6.92 Å². The number of carbonyl (C=O) groups is 1. The molecule has 0 saturated carbocycles. The molecule has 0 fully saturated rings. The van der Waals surface area contributed by atoms with Crippen LogP contribution in [-0.4, -0.2) is 20.9 Å². The predicted octanol–water partition coefficient (Wildman–Crippen LogP) is 3.39. The van der Waals surface area contributed by atoms with E-state index in [0.717, 1.165) is 10.2 Å². The molecular weight excluding hydrogens is 364 g/mol. The van der Waals surface area contributed by atoms with Crippen LogP contribution >= 0.6 is 31.9 Å². The summed E-state index contributed by atoms with van der Waals surface area (Å²) in [6, 6.07) is 8.21. The summed E-state index contributed by atoms with van der Waals surface area (Å²) in [7, 11) is 0. The summed E-state index contributed by atoms with van der Waals surface area (Å²) in [5.74, 6) is -0.938. The van der Waals surface area contributed by atoms with Crippen LogP contribution in [0.4, 0.5) is 0 Å². The molecule has 0 saturated heterocycles. The monoisotopic (exact) mass is 372 g/mol. The average Bonchev–Trinajstić information content (AvgIpc) is 2.59. The molecule has 0 bridgehead atoms. The first-order chi connectivity index (χ1) is 8.52. The van der Waals surface area contributed by atoms with E-state index in [9.17, 15) is 9.90 Å². The lowest BCUT2D eigenvalue weighted by Crippen LogP contribution is -2.22. The van der Waals surface area contributed by atoms with Gasteiger partial charge in [0.05, 0.1) is 10.2 Å². The van der Waals surface area contributed by atoms with Gasteiger partial charge in [0.15, 0.2) is 6.04 Å². The van der Waals surface area contributed by atoms with Crippen molar-refractivity contribution in [3.63, 3.8) is 0 Å². The topological polar surface area (TPSA) is 55.1 Å². The van der Waals surface area contributed by atoms with E-state index in [1.807, 2.05) is 25.1 Å². The normalized spacial score (nSPS) is 12.4. The smallest absolute Gasteiger partial charge is 0.333 e. The van der Waals surface area contributed by atoms with Gasteiger partial charge in [-0.05, 0) is 44.3 Å². The number of hydrogen-bond acceptors (Lipinski definition) is 2. The zero-order valence-corrected chi connectivity index (χ0v) is 12.6. The second kappa shape index (κ2) is 5.24. The zero-order chi connectivity index (χ0) is 13.3. The van der Waals surface area contributed by atoms with Crippen molar-refractivity contribution < 1.29 is 9.90 Å². The molecule has 0 spiro atoms. The quantitative estimate of drug-likeness (QED) is 0.897. The number of carboxylic acids is 1. The zero-order valence-electron chi connectivity index (χ0n) is 9.47. The second-order valence-electron chi connectivity index (χ2n) is 3.79. The fraction of sp³-hybridized carbons (Fsp3) is 0.167. The van der Waals surface area contributed by atoms with Crippen LogP contribution in [0.25, 0.3) is 0 Å². The number of aromatic nitrogens is 2. The van der Waals surface area contributed by atoms with Crippen molar-refractivity contribution in [2.24, 2.45) is 0 Å². The molecule has 1 aromatic heterocycles. The van der Waals surface area contributed by atoms with E-state index in [1.54, 1.807) is 12.1 Å². The molecule has 1 unspecified atom stereocenters. The van der Waals surface area contributed by atoms with Crippen molar-refractivity contribution in [3.05, 3.63) is 50.7 Å². The maximum Gasteiger partial charge on any atom is 0.333 e. The van der Waals surface area contributed by atoms with Gasteiger partial charge >= 0.3 is 5.97 Å². The van der Waals surface area contributed by atoms with Crippen molar-refractivity contribution in [2.45, 2.75) is 13.0 Å². The third kappa shape index (κ3) is 2.35. The highest BCUT2D eigenvalue weighted by atomic mass is 79.9. The SMILES string of the molecule is Cc1c(Br)c(Br)nn1C(C(=O)O)c1ccccc1. The van der Waals surface area contributed by atoms with Gasteiger partial charge in [0.25, 0.3) is 0 Å². The highest BCUT2D eigenvalue weighted by Crippen LogP contribution is 2.29. The Bertz CT molecular complexity index is 581. The molecule has 0 amide bonds. The second-order valence-corrected chi connectivity index (χ2v) is 5.33. The molecule has 0 aliphatic rings. The van der Waals surface area contributed by atoms with Crippen molar-refractivity contribution in [3.8, 4) is 0 Å². The van der Waals surface area contributed by atoms with Crippen molar-refractivity contribution in [1.82, 2.24) is 9.78 Å². The molecule has 4 nitrogen and oxygen atoms in total. The Morgan fingerprint density at radius 1 is 1.33 bits per heavy atom. The fourth-order valence-corrected chi connectivity index (χ4v) is 2.46. The number of carboxylic acid groups (broad SMARTS) is 1. The van der Waals surface area contributed by atoms with E-state index >= 15 is 0 Å². The Morgan fingerprint density at radius 2 is 1.94 bits per heavy atom. The Hall–Kier alpha value is -1.14. The first-order valence-electron chi connectivity index (χ1n) is 5.20. The molecule has 1 N–H and O–H groups in total. The summed E-state index contributed by atoms with van der Waals surface area (Å²) >= 11 is 6.65. The summed E-state index contributed by atoms with van der Waals surface area (Å²) in [5.41, 5.74) is 1.45. The van der Waals surface area contributed by atoms with Crippen molar-refractivity contribution >= 4 is 37.8 Å². The average molecular weight is 374 g/mol. The summed E-state index contributed by atoms with van der Waals surface area (Å²) in [5, 5.41) is 13.6. The van der Waals surface area contributed by atoms with Crippen LogP contribution in [0.1, 0.15) is 17.3 Å².